The number of esters is 1. The van der Waals surface area contributed by atoms with Gasteiger partial charge in [-0.2, -0.15) is 0 Å². The summed E-state index contributed by atoms with van der Waals surface area (Å²) >= 11 is 0. The normalized spacial score (nSPS) is 22.0. The Morgan fingerprint density at radius 3 is 2.07 bits per heavy atom. The molecule has 0 aromatic rings. The van der Waals surface area contributed by atoms with Gasteiger partial charge in [0.05, 0.1) is 0 Å². The molecule has 1 fully saturated rings. The molecular formula is C11H18O3. The topological polar surface area (TPSA) is 43.4 Å². The summed E-state index contributed by atoms with van der Waals surface area (Å²) in [5.74, 6) is -0.169. The molecule has 0 N–H and O–H groups in total. The molecule has 3 heteroatoms. The maximum absolute atomic E-state index is 11.2. The van der Waals surface area contributed by atoms with Crippen molar-refractivity contribution in [2.75, 3.05) is 6.61 Å². The van der Waals surface area contributed by atoms with Crippen molar-refractivity contribution in [3.63, 3.8) is 0 Å². The Balaban J connectivity index is 2.29. The van der Waals surface area contributed by atoms with Crippen molar-refractivity contribution in [3.8, 4) is 0 Å². The van der Waals surface area contributed by atoms with E-state index in [4.69, 9.17) is 4.74 Å². The molecule has 80 valence electrons. The molecule has 0 unspecified atom stereocenters. The zero-order valence-corrected chi connectivity index (χ0v) is 8.59. The molecule has 3 nitrogen and oxygen atoms in total. The number of carbonyl (C=O) groups excluding carboxylic acids is 2. The van der Waals surface area contributed by atoms with Crippen LogP contribution in [0.5, 0.6) is 0 Å². The van der Waals surface area contributed by atoms with Crippen LogP contribution < -0.4 is 0 Å². The summed E-state index contributed by atoms with van der Waals surface area (Å²) in [5, 5.41) is 0. The molecule has 0 aromatic carbocycles. The van der Waals surface area contributed by atoms with Crippen LogP contribution in [-0.4, -0.2) is 18.4 Å². The second-order valence-corrected chi connectivity index (χ2v) is 3.82. The number of hydrogen-bond donors (Lipinski definition) is 0. The number of Topliss-reactive ketones (excluding diaryl/α,β-unsaturated/α-hetero) is 1. The second-order valence-electron chi connectivity index (χ2n) is 3.82. The Bertz CT molecular complexity index is 177. The fourth-order valence-electron chi connectivity index (χ4n) is 1.60. The summed E-state index contributed by atoms with van der Waals surface area (Å²) in [6, 6.07) is 0. The molecule has 0 amide bonds. The predicted octanol–water partition coefficient (Wildman–Crippen LogP) is 2.23. The van der Waals surface area contributed by atoms with Crippen molar-refractivity contribution < 1.29 is 14.3 Å². The van der Waals surface area contributed by atoms with Gasteiger partial charge in [0.15, 0.2) is 5.78 Å². The highest BCUT2D eigenvalue weighted by Gasteiger charge is 2.08. The number of hydrogen-bond acceptors (Lipinski definition) is 3. The molecule has 1 aliphatic rings. The molecule has 1 heterocycles. The highest BCUT2D eigenvalue weighted by atomic mass is 16.5. The van der Waals surface area contributed by atoms with Gasteiger partial charge in [0.2, 0.25) is 0 Å². The van der Waals surface area contributed by atoms with Gasteiger partial charge in [0.25, 0.3) is 0 Å². The summed E-state index contributed by atoms with van der Waals surface area (Å²) in [6.07, 6.45) is 7.44. The van der Waals surface area contributed by atoms with E-state index in [1.54, 1.807) is 0 Å². The van der Waals surface area contributed by atoms with Crippen LogP contribution in [0.2, 0.25) is 0 Å². The van der Waals surface area contributed by atoms with Crippen LogP contribution in [-0.2, 0) is 14.3 Å². The van der Waals surface area contributed by atoms with E-state index in [-0.39, 0.29) is 18.4 Å². The van der Waals surface area contributed by atoms with E-state index in [2.05, 4.69) is 0 Å². The van der Waals surface area contributed by atoms with Gasteiger partial charge >= 0.3 is 5.97 Å². The summed E-state index contributed by atoms with van der Waals surface area (Å²) in [6.45, 7) is -0.0150. The first-order chi connectivity index (χ1) is 6.79. The fraction of sp³-hybridized carbons (Fsp3) is 0.818. The quantitative estimate of drug-likeness (QED) is 0.560. The predicted molar refractivity (Wildman–Crippen MR) is 52.9 cm³/mol. The minimum absolute atomic E-state index is 0.0150. The van der Waals surface area contributed by atoms with Crippen LogP contribution in [0.25, 0.3) is 0 Å². The third-order valence-electron chi connectivity index (χ3n) is 2.48. The van der Waals surface area contributed by atoms with E-state index in [0.29, 0.717) is 12.8 Å². The smallest absolute Gasteiger partial charge is 0.306 e. The fourth-order valence-corrected chi connectivity index (χ4v) is 1.60. The van der Waals surface area contributed by atoms with E-state index in [1.165, 1.54) is 12.8 Å². The van der Waals surface area contributed by atoms with Crippen molar-refractivity contribution >= 4 is 11.8 Å². The standard InChI is InChI=1S/C11H18O3/c12-10-7-5-3-1-2-4-6-8-11(13)14-9-10/h1-9H2. The van der Waals surface area contributed by atoms with E-state index >= 15 is 0 Å². The van der Waals surface area contributed by atoms with Gasteiger partial charge < -0.3 is 4.74 Å². The lowest BCUT2D eigenvalue weighted by atomic mass is 10.1. The molecule has 0 bridgehead atoms. The number of ketones is 1. The lowest BCUT2D eigenvalue weighted by Gasteiger charge is -2.06. The van der Waals surface area contributed by atoms with Crippen molar-refractivity contribution in [2.45, 2.75) is 51.4 Å². The van der Waals surface area contributed by atoms with Crippen LogP contribution in [0, 0.1) is 0 Å². The number of cyclic esters (lactones) is 1. The molecule has 1 rings (SSSR count). The first kappa shape index (κ1) is 11.2. The molecule has 0 saturated carbocycles. The van der Waals surface area contributed by atoms with Gasteiger partial charge in [0, 0.05) is 12.8 Å². The number of carbonyl (C=O) groups is 2. The molecule has 0 radical (unpaired) electrons. The van der Waals surface area contributed by atoms with Crippen molar-refractivity contribution in [1.82, 2.24) is 0 Å². The summed E-state index contributed by atoms with van der Waals surface area (Å²) < 4.78 is 4.84. The Morgan fingerprint density at radius 2 is 1.36 bits per heavy atom. The minimum Gasteiger partial charge on any atom is -0.458 e. The first-order valence-corrected chi connectivity index (χ1v) is 5.46. The molecule has 14 heavy (non-hydrogen) atoms. The highest BCUT2D eigenvalue weighted by molar-refractivity contribution is 5.82. The lowest BCUT2D eigenvalue weighted by Crippen LogP contribution is -2.13. The van der Waals surface area contributed by atoms with E-state index in [9.17, 15) is 9.59 Å². The molecule has 1 aliphatic heterocycles. The molecule has 0 atom stereocenters. The van der Waals surface area contributed by atoms with Gasteiger partial charge in [0.1, 0.15) is 6.61 Å². The SMILES string of the molecule is O=C1CCCCCCCCC(=O)OC1. The van der Waals surface area contributed by atoms with Crippen molar-refractivity contribution in [3.05, 3.63) is 0 Å². The maximum Gasteiger partial charge on any atom is 0.306 e. The number of ether oxygens (including phenoxy) is 1. The molecule has 0 aromatic heterocycles. The Hall–Kier alpha value is -0.860. The average molecular weight is 198 g/mol. The summed E-state index contributed by atoms with van der Waals surface area (Å²) in [4.78, 5) is 22.2. The third kappa shape index (κ3) is 5.00. The Labute approximate surface area is 84.8 Å². The number of rotatable bonds is 0. The monoisotopic (exact) mass is 198 g/mol. The Morgan fingerprint density at radius 1 is 0.786 bits per heavy atom. The highest BCUT2D eigenvalue weighted by Crippen LogP contribution is 2.10. The van der Waals surface area contributed by atoms with Crippen LogP contribution >= 0.6 is 0 Å². The average Bonchev–Trinajstić information content (AvgIpc) is 2.17. The van der Waals surface area contributed by atoms with Gasteiger partial charge in [-0.05, 0) is 12.8 Å². The molecule has 1 saturated heterocycles. The molecular weight excluding hydrogens is 180 g/mol. The van der Waals surface area contributed by atoms with E-state index in [1.807, 2.05) is 0 Å². The van der Waals surface area contributed by atoms with Crippen molar-refractivity contribution in [2.24, 2.45) is 0 Å². The Kier molecular flexibility index (Phi) is 5.27. The first-order valence-electron chi connectivity index (χ1n) is 5.46. The van der Waals surface area contributed by atoms with Crippen LogP contribution in [0.1, 0.15) is 51.4 Å². The van der Waals surface area contributed by atoms with E-state index in [0.717, 1.165) is 25.7 Å². The van der Waals surface area contributed by atoms with Crippen LogP contribution in [0.4, 0.5) is 0 Å². The summed E-state index contributed by atoms with van der Waals surface area (Å²) in [5.41, 5.74) is 0. The maximum atomic E-state index is 11.2. The van der Waals surface area contributed by atoms with Gasteiger partial charge in [-0.1, -0.05) is 25.7 Å². The van der Waals surface area contributed by atoms with E-state index < -0.39 is 0 Å². The molecule has 0 spiro atoms. The molecule has 0 aliphatic carbocycles. The zero-order valence-electron chi connectivity index (χ0n) is 8.59. The van der Waals surface area contributed by atoms with Gasteiger partial charge in [-0.25, -0.2) is 0 Å². The second kappa shape index (κ2) is 6.57. The van der Waals surface area contributed by atoms with Gasteiger partial charge in [-0.3, -0.25) is 9.59 Å². The largest absolute Gasteiger partial charge is 0.458 e. The van der Waals surface area contributed by atoms with Crippen LogP contribution in [0.15, 0.2) is 0 Å². The lowest BCUT2D eigenvalue weighted by molar-refractivity contribution is -0.148. The van der Waals surface area contributed by atoms with Crippen LogP contribution in [0.3, 0.4) is 0 Å². The minimum atomic E-state index is -0.223. The summed E-state index contributed by atoms with van der Waals surface area (Å²) in [7, 11) is 0. The zero-order chi connectivity index (χ0) is 10.2. The van der Waals surface area contributed by atoms with Gasteiger partial charge in [-0.15, -0.1) is 0 Å². The van der Waals surface area contributed by atoms with Crippen molar-refractivity contribution in [1.29, 1.82) is 0 Å². The third-order valence-corrected chi connectivity index (χ3v) is 2.48.